The number of aromatic hydroxyl groups is 1. The number of halogens is 2. The average Bonchev–Trinajstić information content (AvgIpc) is 3.28. The lowest BCUT2D eigenvalue weighted by Gasteiger charge is -2.44. The van der Waals surface area contributed by atoms with Gasteiger partial charge in [-0.1, -0.05) is 19.4 Å². The summed E-state index contributed by atoms with van der Waals surface area (Å²) in [4.78, 5) is 18.6. The van der Waals surface area contributed by atoms with E-state index in [9.17, 15) is 9.50 Å². The van der Waals surface area contributed by atoms with Crippen LogP contribution in [0, 0.1) is 17.0 Å². The van der Waals surface area contributed by atoms with E-state index in [4.69, 9.17) is 14.5 Å². The molecule has 2 aromatic carbocycles. The third-order valence-electron chi connectivity index (χ3n) is 9.99. The highest BCUT2D eigenvalue weighted by molar-refractivity contribution is 6.01. The number of hydrogen-bond donors (Lipinski definition) is 1. The summed E-state index contributed by atoms with van der Waals surface area (Å²) in [5.41, 5.74) is 0.882. The minimum Gasteiger partial charge on any atom is -0.508 e. The third-order valence-corrected chi connectivity index (χ3v) is 9.99. The Morgan fingerprint density at radius 2 is 1.93 bits per heavy atom. The molecule has 3 aliphatic rings. The minimum absolute atomic E-state index is 0.00291. The first kappa shape index (κ1) is 29.1. The zero-order chi connectivity index (χ0) is 30.4. The van der Waals surface area contributed by atoms with E-state index in [-0.39, 0.29) is 34.2 Å². The van der Waals surface area contributed by atoms with Gasteiger partial charge in [0, 0.05) is 42.9 Å². The first-order chi connectivity index (χ1) is 21.4. The van der Waals surface area contributed by atoms with Crippen LogP contribution in [-0.4, -0.2) is 77.5 Å². The summed E-state index contributed by atoms with van der Waals surface area (Å²) >= 11 is 0. The van der Waals surface area contributed by atoms with Gasteiger partial charge in [0.1, 0.15) is 28.6 Å². The first-order valence-corrected chi connectivity index (χ1v) is 15.8. The van der Waals surface area contributed by atoms with Crippen LogP contribution in [0.3, 0.4) is 0 Å². The van der Waals surface area contributed by atoms with Crippen molar-refractivity contribution in [2.45, 2.75) is 57.9 Å². The van der Waals surface area contributed by atoms with Crippen LogP contribution >= 0.6 is 0 Å². The summed E-state index contributed by atoms with van der Waals surface area (Å²) in [6, 6.07) is 6.58. The van der Waals surface area contributed by atoms with Crippen molar-refractivity contribution in [2.24, 2.45) is 5.41 Å². The van der Waals surface area contributed by atoms with Gasteiger partial charge in [0.2, 0.25) is 0 Å². The van der Waals surface area contributed by atoms with E-state index in [1.807, 2.05) is 6.92 Å². The monoisotopic (exact) mass is 603 g/mol. The van der Waals surface area contributed by atoms with Crippen LogP contribution in [0.1, 0.15) is 51.0 Å². The Labute approximate surface area is 256 Å². The lowest BCUT2D eigenvalue weighted by Crippen LogP contribution is -2.50. The quantitative estimate of drug-likeness (QED) is 0.277. The standard InChI is InChI=1S/C34H39F2N5O3/c1-3-23-26(35)9-8-21-17-22(42)18-24(28(21)23)30-29(36)31-25(19-37-30)32(41-13-6-15-43-16-14-41)39-33(38-31)44-20-34-10-4-7-27(34)40(2)12-5-11-34/h8-9,17-19,27,42H,3-7,10-16,20H2,1-2H3/t27-,34-/m1/s1. The number of phenols is 1. The first-order valence-electron chi connectivity index (χ1n) is 15.8. The molecule has 1 N–H and O–H groups in total. The molecule has 7 rings (SSSR count). The maximum absolute atomic E-state index is 16.8. The summed E-state index contributed by atoms with van der Waals surface area (Å²) in [7, 11) is 2.20. The molecule has 1 saturated carbocycles. The molecule has 0 unspecified atom stereocenters. The molecule has 0 spiro atoms. The van der Waals surface area contributed by atoms with Crippen LogP contribution < -0.4 is 9.64 Å². The van der Waals surface area contributed by atoms with Crippen molar-refractivity contribution in [3.8, 4) is 23.0 Å². The van der Waals surface area contributed by atoms with Gasteiger partial charge in [-0.25, -0.2) is 8.78 Å². The highest BCUT2D eigenvalue weighted by Gasteiger charge is 2.47. The van der Waals surface area contributed by atoms with Crippen molar-refractivity contribution in [3.63, 3.8) is 0 Å². The zero-order valence-electron chi connectivity index (χ0n) is 25.4. The van der Waals surface area contributed by atoms with E-state index in [0.29, 0.717) is 78.5 Å². The third kappa shape index (κ3) is 5.01. The summed E-state index contributed by atoms with van der Waals surface area (Å²) in [6.45, 7) is 5.90. The van der Waals surface area contributed by atoms with Crippen LogP contribution in [0.2, 0.25) is 0 Å². The molecule has 3 fully saturated rings. The molecular weight excluding hydrogens is 564 g/mol. The maximum atomic E-state index is 16.8. The zero-order valence-corrected chi connectivity index (χ0v) is 25.4. The summed E-state index contributed by atoms with van der Waals surface area (Å²) in [5.74, 6) is -0.526. The number of aromatic nitrogens is 3. The second-order valence-corrected chi connectivity index (χ2v) is 12.6. The van der Waals surface area contributed by atoms with E-state index in [0.717, 1.165) is 45.1 Å². The van der Waals surface area contributed by atoms with Crippen LogP contribution in [0.4, 0.5) is 14.6 Å². The van der Waals surface area contributed by atoms with E-state index in [2.05, 4.69) is 26.8 Å². The molecule has 4 heterocycles. The smallest absolute Gasteiger partial charge is 0.319 e. The van der Waals surface area contributed by atoms with Gasteiger partial charge in [-0.2, -0.15) is 9.97 Å². The Hall–Kier alpha value is -3.63. The molecule has 1 aliphatic carbocycles. The number of likely N-dealkylation sites (tertiary alicyclic amines) is 1. The number of fused-ring (bicyclic) bond motifs is 3. The van der Waals surface area contributed by atoms with Gasteiger partial charge in [0.05, 0.1) is 18.6 Å². The minimum atomic E-state index is -0.658. The van der Waals surface area contributed by atoms with E-state index in [1.54, 1.807) is 18.3 Å². The number of aryl methyl sites for hydroxylation is 1. The van der Waals surface area contributed by atoms with Gasteiger partial charge in [-0.15, -0.1) is 0 Å². The molecule has 0 radical (unpaired) electrons. The molecule has 2 aliphatic heterocycles. The molecule has 2 atom stereocenters. The van der Waals surface area contributed by atoms with Gasteiger partial charge in [-0.3, -0.25) is 4.98 Å². The molecule has 0 bridgehead atoms. The van der Waals surface area contributed by atoms with Crippen molar-refractivity contribution in [3.05, 3.63) is 47.7 Å². The molecule has 44 heavy (non-hydrogen) atoms. The normalized spacial score (nSPS) is 22.8. The van der Waals surface area contributed by atoms with Crippen molar-refractivity contribution >= 4 is 27.5 Å². The topological polar surface area (TPSA) is 83.8 Å². The fourth-order valence-electron chi connectivity index (χ4n) is 7.89. The molecule has 2 aromatic heterocycles. The molecule has 8 nitrogen and oxygen atoms in total. The van der Waals surface area contributed by atoms with Crippen molar-refractivity contribution < 1.29 is 23.4 Å². The Balaban J connectivity index is 1.37. The van der Waals surface area contributed by atoms with E-state index in [1.165, 1.54) is 12.1 Å². The SMILES string of the molecule is CCc1c(F)ccc2cc(O)cc(-c3ncc4c(N5CCCOCC5)nc(OC[C@]56CCC[C@H]5N(C)CCC6)nc4c3F)c12. The van der Waals surface area contributed by atoms with Crippen LogP contribution in [0.15, 0.2) is 30.5 Å². The lowest BCUT2D eigenvalue weighted by molar-refractivity contribution is 0.0133. The van der Waals surface area contributed by atoms with Gasteiger partial charge in [0.25, 0.3) is 0 Å². The molecule has 10 heteroatoms. The Morgan fingerprint density at radius 1 is 1.07 bits per heavy atom. The summed E-state index contributed by atoms with van der Waals surface area (Å²) in [6.07, 6.45) is 8.42. The number of nitrogens with zero attached hydrogens (tertiary/aromatic N) is 5. The molecular formula is C34H39F2N5O3. The number of pyridine rings is 1. The summed E-state index contributed by atoms with van der Waals surface area (Å²) in [5, 5.41) is 12.2. The van der Waals surface area contributed by atoms with Crippen LogP contribution in [0.5, 0.6) is 11.8 Å². The predicted octanol–water partition coefficient (Wildman–Crippen LogP) is 6.26. The number of anilines is 1. The maximum Gasteiger partial charge on any atom is 0.319 e. The van der Waals surface area contributed by atoms with Gasteiger partial charge >= 0.3 is 6.01 Å². The van der Waals surface area contributed by atoms with Crippen LogP contribution in [0.25, 0.3) is 32.9 Å². The lowest BCUT2D eigenvalue weighted by atomic mass is 9.76. The second kappa shape index (κ2) is 11.7. The fraction of sp³-hybridized carbons (Fsp3) is 0.500. The Bertz CT molecular complexity index is 1710. The average molecular weight is 604 g/mol. The van der Waals surface area contributed by atoms with Gasteiger partial charge < -0.3 is 24.4 Å². The van der Waals surface area contributed by atoms with E-state index >= 15 is 4.39 Å². The van der Waals surface area contributed by atoms with Crippen molar-refractivity contribution in [1.29, 1.82) is 0 Å². The molecule has 0 amide bonds. The molecule has 232 valence electrons. The highest BCUT2D eigenvalue weighted by Crippen LogP contribution is 2.47. The number of piperidine rings is 1. The molecule has 4 aromatic rings. The van der Waals surface area contributed by atoms with Gasteiger partial charge in [-0.05, 0) is 86.7 Å². The largest absolute Gasteiger partial charge is 0.508 e. The van der Waals surface area contributed by atoms with E-state index < -0.39 is 5.82 Å². The van der Waals surface area contributed by atoms with Crippen molar-refractivity contribution in [1.82, 2.24) is 19.9 Å². The van der Waals surface area contributed by atoms with Crippen LogP contribution in [-0.2, 0) is 11.2 Å². The van der Waals surface area contributed by atoms with Gasteiger partial charge in [0.15, 0.2) is 5.82 Å². The summed E-state index contributed by atoms with van der Waals surface area (Å²) < 4.78 is 43.8. The molecule has 2 saturated heterocycles. The number of benzene rings is 2. The highest BCUT2D eigenvalue weighted by atomic mass is 19.1. The Kier molecular flexibility index (Phi) is 7.74. The number of hydrogen-bond acceptors (Lipinski definition) is 8. The fourth-order valence-corrected chi connectivity index (χ4v) is 7.89. The predicted molar refractivity (Wildman–Crippen MR) is 166 cm³/mol. The van der Waals surface area contributed by atoms with Crippen molar-refractivity contribution in [2.75, 3.05) is 51.4 Å². The number of rotatable bonds is 6. The Morgan fingerprint density at radius 3 is 2.80 bits per heavy atom. The number of ether oxygens (including phenoxy) is 2. The second-order valence-electron chi connectivity index (χ2n) is 12.6. The number of phenolic OH excluding ortho intramolecular Hbond substituents is 1.